The van der Waals surface area contributed by atoms with Crippen molar-refractivity contribution in [3.05, 3.63) is 92.5 Å². The molecule has 7 rings (SSSR count). The van der Waals surface area contributed by atoms with Crippen molar-refractivity contribution in [1.82, 2.24) is 0 Å². The van der Waals surface area contributed by atoms with Gasteiger partial charge in [-0.3, -0.25) is 19.7 Å². The predicted octanol–water partition coefficient (Wildman–Crippen LogP) is 5.52. The number of ether oxygens (including phenoxy) is 9. The molecule has 0 radical (unpaired) electrons. The fourth-order valence-corrected chi connectivity index (χ4v) is 7.70. The molecule has 0 spiro atoms. The second-order valence-corrected chi connectivity index (χ2v) is 12.9. The van der Waals surface area contributed by atoms with E-state index in [1.54, 1.807) is 24.3 Å². The molecule has 0 bridgehead atoms. The SMILES string of the molecule is COc1cc(/C(=C\c2ccccc2[N+](=O)[O-])C(=O)Nc2c3c(cc4c2[C@@H](c2cc(OC)c(OC)c(OC)c2)[C@H]2C(=O)OC[C@@H]2[C@H]4O)OCO3)cc(OC)c1OC. The van der Waals surface area contributed by atoms with E-state index in [2.05, 4.69) is 5.32 Å². The van der Waals surface area contributed by atoms with Gasteiger partial charge in [-0.2, -0.15) is 0 Å². The maximum Gasteiger partial charge on any atom is 0.310 e. The number of carbonyl (C=O) groups is 2. The number of para-hydroxylation sites is 1. The number of nitro benzene ring substituents is 1. The van der Waals surface area contributed by atoms with Crippen LogP contribution in [-0.4, -0.2) is 78.0 Å². The Morgan fingerprint density at radius 1 is 0.857 bits per heavy atom. The van der Waals surface area contributed by atoms with E-state index in [1.807, 2.05) is 0 Å². The molecule has 0 aromatic heterocycles. The number of carbonyl (C=O) groups excluding carboxylic acids is 2. The Bertz CT molecular complexity index is 2220. The summed E-state index contributed by atoms with van der Waals surface area (Å²) in [5.41, 5.74) is 1.39. The molecule has 4 atom stereocenters. The average molecular weight is 771 g/mol. The Hall–Kier alpha value is -6.68. The van der Waals surface area contributed by atoms with E-state index in [0.29, 0.717) is 33.9 Å². The van der Waals surface area contributed by atoms with E-state index < -0.39 is 40.7 Å². The molecule has 0 unspecified atom stereocenters. The first-order valence-electron chi connectivity index (χ1n) is 17.3. The molecular formula is C40H38N2O14. The zero-order valence-electron chi connectivity index (χ0n) is 31.2. The van der Waals surface area contributed by atoms with Gasteiger partial charge in [0.25, 0.3) is 11.6 Å². The lowest BCUT2D eigenvalue weighted by molar-refractivity contribution is -0.385. The number of rotatable bonds is 12. The summed E-state index contributed by atoms with van der Waals surface area (Å²) >= 11 is 0. The van der Waals surface area contributed by atoms with Crippen LogP contribution >= 0.6 is 0 Å². The molecule has 0 saturated carbocycles. The molecule has 292 valence electrons. The third-order valence-electron chi connectivity index (χ3n) is 10.2. The minimum atomic E-state index is -1.22. The van der Waals surface area contributed by atoms with Gasteiger partial charge in [0, 0.05) is 23.5 Å². The number of benzene rings is 4. The van der Waals surface area contributed by atoms with Crippen molar-refractivity contribution >= 4 is 34.9 Å². The lowest BCUT2D eigenvalue weighted by atomic mass is 9.65. The topological polar surface area (TPSA) is 193 Å². The van der Waals surface area contributed by atoms with E-state index in [4.69, 9.17) is 42.6 Å². The first-order chi connectivity index (χ1) is 27.1. The number of anilines is 1. The highest BCUT2D eigenvalue weighted by Crippen LogP contribution is 2.59. The minimum absolute atomic E-state index is 0.0506. The van der Waals surface area contributed by atoms with Gasteiger partial charge in [-0.15, -0.1) is 0 Å². The Morgan fingerprint density at radius 3 is 2.05 bits per heavy atom. The van der Waals surface area contributed by atoms with Crippen LogP contribution in [-0.2, 0) is 14.3 Å². The van der Waals surface area contributed by atoms with Crippen molar-refractivity contribution in [2.75, 3.05) is 61.4 Å². The summed E-state index contributed by atoms with van der Waals surface area (Å²) < 4.78 is 50.9. The van der Waals surface area contributed by atoms with Crippen LogP contribution in [0.1, 0.15) is 39.8 Å². The number of nitrogens with one attached hydrogen (secondary N) is 1. The van der Waals surface area contributed by atoms with Gasteiger partial charge in [-0.05, 0) is 64.7 Å². The Labute approximate surface area is 320 Å². The third kappa shape index (κ3) is 6.26. The van der Waals surface area contributed by atoms with Crippen LogP contribution in [0.4, 0.5) is 11.4 Å². The molecule has 16 nitrogen and oxygen atoms in total. The van der Waals surface area contributed by atoms with E-state index in [9.17, 15) is 24.8 Å². The van der Waals surface area contributed by atoms with Crippen LogP contribution in [0.5, 0.6) is 46.0 Å². The maximum atomic E-state index is 15.0. The number of fused-ring (bicyclic) bond motifs is 3. The highest BCUT2D eigenvalue weighted by molar-refractivity contribution is 6.30. The van der Waals surface area contributed by atoms with Gasteiger partial charge in [-0.1, -0.05) is 12.1 Å². The molecular weight excluding hydrogens is 732 g/mol. The quantitative estimate of drug-likeness (QED) is 0.0601. The summed E-state index contributed by atoms with van der Waals surface area (Å²) in [6.07, 6.45) is 0.152. The molecule has 1 amide bonds. The monoisotopic (exact) mass is 770 g/mol. The molecule has 2 heterocycles. The molecule has 1 saturated heterocycles. The molecule has 1 fully saturated rings. The molecule has 16 heteroatoms. The number of hydrogen-bond donors (Lipinski definition) is 2. The standard InChI is InChI=1S/C40H38N2O14/c1-48-26-12-20(13-27(49-2)36(26)52-5)22(11-19-9-7-8-10-25(19)42(46)47)39(44)41-34-32-23(16-30-38(34)56-18-55-30)35(43)24-17-54-40(45)33(24)31(32)21-14-28(50-3)37(53-6)29(15-21)51-4/h7-16,24,31,33,35,43H,17-18H2,1-6H3,(H,41,44)/b22-11+/t24-,31+,33-,35-/m0/s1. The number of cyclic esters (lactones) is 1. The molecule has 3 aliphatic rings. The number of aliphatic hydroxyl groups is 1. The normalized spacial score (nSPS) is 19.3. The molecule has 2 N–H and O–H groups in total. The second-order valence-electron chi connectivity index (χ2n) is 12.9. The number of hydrogen-bond acceptors (Lipinski definition) is 14. The minimum Gasteiger partial charge on any atom is -0.493 e. The third-order valence-corrected chi connectivity index (χ3v) is 10.2. The highest BCUT2D eigenvalue weighted by atomic mass is 16.7. The van der Waals surface area contributed by atoms with Gasteiger partial charge in [-0.25, -0.2) is 0 Å². The van der Waals surface area contributed by atoms with E-state index >= 15 is 0 Å². The summed E-state index contributed by atoms with van der Waals surface area (Å²) in [6.45, 7) is -0.252. The van der Waals surface area contributed by atoms with E-state index in [0.717, 1.165) is 0 Å². The van der Waals surface area contributed by atoms with Gasteiger partial charge >= 0.3 is 5.97 Å². The summed E-state index contributed by atoms with van der Waals surface area (Å²) in [5, 5.41) is 27.0. The number of nitrogens with zero attached hydrogens (tertiary/aromatic N) is 1. The molecule has 4 aromatic rings. The Kier molecular flexibility index (Phi) is 10.2. The zero-order chi connectivity index (χ0) is 39.8. The lowest BCUT2D eigenvalue weighted by Gasteiger charge is -2.38. The summed E-state index contributed by atoms with van der Waals surface area (Å²) in [4.78, 5) is 40.2. The Balaban J connectivity index is 1.48. The summed E-state index contributed by atoms with van der Waals surface area (Å²) in [5.74, 6) is -1.77. The molecule has 4 aromatic carbocycles. The van der Waals surface area contributed by atoms with Crippen molar-refractivity contribution in [2.45, 2.75) is 12.0 Å². The van der Waals surface area contributed by atoms with Crippen molar-refractivity contribution < 1.29 is 62.3 Å². The number of methoxy groups -OCH3 is 6. The first-order valence-corrected chi connectivity index (χ1v) is 17.3. The highest BCUT2D eigenvalue weighted by Gasteiger charge is 2.53. The number of aliphatic hydroxyl groups excluding tert-OH is 1. The van der Waals surface area contributed by atoms with Crippen molar-refractivity contribution in [1.29, 1.82) is 0 Å². The van der Waals surface area contributed by atoms with Crippen molar-refractivity contribution in [3.8, 4) is 46.0 Å². The largest absolute Gasteiger partial charge is 0.493 e. The van der Waals surface area contributed by atoms with Gasteiger partial charge in [0.2, 0.25) is 18.3 Å². The molecule has 1 aliphatic carbocycles. The van der Waals surface area contributed by atoms with Crippen molar-refractivity contribution in [2.24, 2.45) is 11.8 Å². The first kappa shape index (κ1) is 37.6. The van der Waals surface area contributed by atoms with Gasteiger partial charge in [0.15, 0.2) is 34.5 Å². The smallest absolute Gasteiger partial charge is 0.310 e. The Morgan fingerprint density at radius 2 is 1.46 bits per heavy atom. The van der Waals surface area contributed by atoms with Gasteiger partial charge in [0.1, 0.15) is 0 Å². The van der Waals surface area contributed by atoms with Crippen LogP contribution in [0, 0.1) is 22.0 Å². The second kappa shape index (κ2) is 15.2. The maximum absolute atomic E-state index is 15.0. The zero-order valence-corrected chi connectivity index (χ0v) is 31.2. The van der Waals surface area contributed by atoms with Crippen LogP contribution in [0.3, 0.4) is 0 Å². The average Bonchev–Trinajstić information content (AvgIpc) is 3.85. The lowest BCUT2D eigenvalue weighted by Crippen LogP contribution is -2.35. The van der Waals surface area contributed by atoms with Crippen LogP contribution in [0.25, 0.3) is 11.6 Å². The predicted molar refractivity (Wildman–Crippen MR) is 199 cm³/mol. The van der Waals surface area contributed by atoms with Gasteiger partial charge < -0.3 is 53.1 Å². The van der Waals surface area contributed by atoms with E-state index in [1.165, 1.54) is 79.1 Å². The van der Waals surface area contributed by atoms with Crippen LogP contribution in [0.15, 0.2) is 54.6 Å². The van der Waals surface area contributed by atoms with Gasteiger partial charge in [0.05, 0.1) is 77.5 Å². The summed E-state index contributed by atoms with van der Waals surface area (Å²) in [7, 11) is 8.66. The van der Waals surface area contributed by atoms with E-state index in [-0.39, 0.29) is 70.2 Å². The number of nitro groups is 1. The van der Waals surface area contributed by atoms with Crippen molar-refractivity contribution in [3.63, 3.8) is 0 Å². The molecule has 2 aliphatic heterocycles. The van der Waals surface area contributed by atoms with Crippen LogP contribution in [0.2, 0.25) is 0 Å². The summed E-state index contributed by atoms with van der Waals surface area (Å²) in [6, 6.07) is 14.0. The van der Waals surface area contributed by atoms with Crippen LogP contribution < -0.4 is 43.2 Å². The molecule has 56 heavy (non-hydrogen) atoms. The number of amides is 1. The fourth-order valence-electron chi connectivity index (χ4n) is 7.70. The number of esters is 1. The fraction of sp³-hybridized carbons (Fsp3) is 0.300.